The lowest BCUT2D eigenvalue weighted by Gasteiger charge is -2.05. The van der Waals surface area contributed by atoms with Gasteiger partial charge in [-0.3, -0.25) is 4.79 Å². The Morgan fingerprint density at radius 1 is 1.07 bits per heavy atom. The molecule has 0 fully saturated rings. The van der Waals surface area contributed by atoms with Crippen LogP contribution in [-0.4, -0.2) is 21.2 Å². The van der Waals surface area contributed by atoms with Crippen molar-refractivity contribution in [1.29, 1.82) is 0 Å². The molecule has 0 saturated carbocycles. The molecule has 0 spiro atoms. The maximum absolute atomic E-state index is 12.6. The largest absolute Gasteiger partial charge is 0.494 e. The highest BCUT2D eigenvalue weighted by molar-refractivity contribution is 7.15. The van der Waals surface area contributed by atoms with Gasteiger partial charge in [0.2, 0.25) is 4.96 Å². The molecule has 0 atom stereocenters. The lowest BCUT2D eigenvalue weighted by atomic mass is 10.2. The van der Waals surface area contributed by atoms with Crippen LogP contribution in [0.15, 0.2) is 59.4 Å². The first-order valence-corrected chi connectivity index (χ1v) is 10.3. The Kier molecular flexibility index (Phi) is 5.48. The molecule has 0 N–H and O–H groups in total. The van der Waals surface area contributed by atoms with E-state index in [1.54, 1.807) is 0 Å². The Balaban J connectivity index is 1.56. The van der Waals surface area contributed by atoms with Crippen LogP contribution in [0.2, 0.25) is 0 Å². The molecule has 0 aliphatic rings. The molecule has 0 radical (unpaired) electrons. The topological polar surface area (TPSA) is 56.5 Å². The normalized spacial score (nSPS) is 12.0. The van der Waals surface area contributed by atoms with E-state index in [0.29, 0.717) is 15.3 Å². The van der Waals surface area contributed by atoms with E-state index in [4.69, 9.17) is 4.74 Å². The summed E-state index contributed by atoms with van der Waals surface area (Å²) in [5.74, 6) is 1.39. The average molecular weight is 391 g/mol. The fraction of sp³-hybridized carbons (Fsp3) is 0.227. The van der Waals surface area contributed by atoms with Crippen molar-refractivity contribution in [3.05, 3.63) is 75.0 Å². The summed E-state index contributed by atoms with van der Waals surface area (Å²) in [6.07, 6.45) is 5.28. The summed E-state index contributed by atoms with van der Waals surface area (Å²) < 4.78 is 7.74. The average Bonchev–Trinajstić information content (AvgIpc) is 3.26. The number of aromatic nitrogens is 3. The molecule has 28 heavy (non-hydrogen) atoms. The van der Waals surface area contributed by atoms with Crippen LogP contribution in [0.25, 0.3) is 22.4 Å². The molecule has 0 saturated heterocycles. The van der Waals surface area contributed by atoms with Crippen molar-refractivity contribution in [1.82, 2.24) is 14.6 Å². The number of hydrogen-bond acceptors (Lipinski definition) is 5. The SMILES string of the molecule is CCCCCOc1ccc(-c2nc3sc(=Cc4ccccc4)c(=O)n3n2)cc1. The predicted octanol–water partition coefficient (Wildman–Crippen LogP) is 3.93. The van der Waals surface area contributed by atoms with Crippen LogP contribution in [0.4, 0.5) is 0 Å². The zero-order chi connectivity index (χ0) is 19.3. The van der Waals surface area contributed by atoms with Gasteiger partial charge in [-0.15, -0.1) is 5.10 Å². The molecule has 0 unspecified atom stereocenters. The van der Waals surface area contributed by atoms with E-state index < -0.39 is 0 Å². The van der Waals surface area contributed by atoms with Gasteiger partial charge < -0.3 is 4.74 Å². The van der Waals surface area contributed by atoms with Crippen molar-refractivity contribution in [2.24, 2.45) is 0 Å². The van der Waals surface area contributed by atoms with Gasteiger partial charge in [0.05, 0.1) is 11.1 Å². The monoisotopic (exact) mass is 391 g/mol. The zero-order valence-electron chi connectivity index (χ0n) is 15.7. The van der Waals surface area contributed by atoms with E-state index in [1.807, 2.05) is 60.7 Å². The standard InChI is InChI=1S/C22H21N3O2S/c1-2-3-7-14-27-18-12-10-17(11-13-18)20-23-22-25(24-20)21(26)19(28-22)15-16-8-5-4-6-9-16/h4-6,8-13,15H,2-3,7,14H2,1H3. The Morgan fingerprint density at radius 2 is 1.86 bits per heavy atom. The number of nitrogens with zero attached hydrogens (tertiary/aromatic N) is 3. The second-order valence-electron chi connectivity index (χ2n) is 6.54. The summed E-state index contributed by atoms with van der Waals surface area (Å²) in [5, 5.41) is 4.40. The highest BCUT2D eigenvalue weighted by Crippen LogP contribution is 2.20. The fourth-order valence-electron chi connectivity index (χ4n) is 2.90. The minimum Gasteiger partial charge on any atom is -0.494 e. The molecule has 4 rings (SSSR count). The minimum atomic E-state index is -0.140. The number of thiazole rings is 1. The van der Waals surface area contributed by atoms with Gasteiger partial charge in [0, 0.05) is 5.56 Å². The van der Waals surface area contributed by atoms with Gasteiger partial charge in [0.1, 0.15) is 5.75 Å². The summed E-state index contributed by atoms with van der Waals surface area (Å²) in [4.78, 5) is 17.8. The van der Waals surface area contributed by atoms with Crippen molar-refractivity contribution in [2.45, 2.75) is 26.2 Å². The van der Waals surface area contributed by atoms with Crippen LogP contribution in [0.3, 0.4) is 0 Å². The molecule has 2 aromatic carbocycles. The first-order chi connectivity index (χ1) is 13.7. The van der Waals surface area contributed by atoms with Crippen LogP contribution in [0.1, 0.15) is 31.7 Å². The molecule has 2 aromatic heterocycles. The first kappa shape index (κ1) is 18.4. The van der Waals surface area contributed by atoms with E-state index in [-0.39, 0.29) is 5.56 Å². The predicted molar refractivity (Wildman–Crippen MR) is 113 cm³/mol. The van der Waals surface area contributed by atoms with E-state index in [0.717, 1.165) is 29.9 Å². The maximum atomic E-state index is 12.6. The Hall–Kier alpha value is -2.99. The van der Waals surface area contributed by atoms with Crippen LogP contribution >= 0.6 is 11.3 Å². The van der Waals surface area contributed by atoms with Gasteiger partial charge >= 0.3 is 0 Å². The van der Waals surface area contributed by atoms with E-state index >= 15 is 0 Å². The van der Waals surface area contributed by atoms with Crippen molar-refractivity contribution in [3.8, 4) is 17.1 Å². The molecule has 0 amide bonds. The molecule has 142 valence electrons. The number of fused-ring (bicyclic) bond motifs is 1. The van der Waals surface area contributed by atoms with Crippen molar-refractivity contribution in [3.63, 3.8) is 0 Å². The summed E-state index contributed by atoms with van der Waals surface area (Å²) in [5.41, 5.74) is 1.71. The first-order valence-electron chi connectivity index (χ1n) is 9.44. The Morgan fingerprint density at radius 3 is 2.57 bits per heavy atom. The molecule has 4 aromatic rings. The van der Waals surface area contributed by atoms with Gasteiger partial charge in [-0.2, -0.15) is 9.50 Å². The lowest BCUT2D eigenvalue weighted by Crippen LogP contribution is -2.23. The van der Waals surface area contributed by atoms with Crippen molar-refractivity contribution in [2.75, 3.05) is 6.61 Å². The Labute approximate surface area is 166 Å². The highest BCUT2D eigenvalue weighted by Gasteiger charge is 2.12. The van der Waals surface area contributed by atoms with Crippen LogP contribution in [-0.2, 0) is 0 Å². The molecule has 5 nitrogen and oxygen atoms in total. The van der Waals surface area contributed by atoms with Gasteiger partial charge in [-0.1, -0.05) is 61.4 Å². The van der Waals surface area contributed by atoms with Crippen molar-refractivity contribution >= 4 is 22.4 Å². The molecule has 2 heterocycles. The van der Waals surface area contributed by atoms with Gasteiger partial charge in [0.25, 0.3) is 5.56 Å². The smallest absolute Gasteiger partial charge is 0.291 e. The van der Waals surface area contributed by atoms with E-state index in [9.17, 15) is 4.79 Å². The summed E-state index contributed by atoms with van der Waals surface area (Å²) in [6, 6.07) is 17.5. The molecule has 0 aliphatic heterocycles. The molecular formula is C22H21N3O2S. The molecule has 6 heteroatoms. The number of rotatable bonds is 7. The van der Waals surface area contributed by atoms with Crippen LogP contribution in [0, 0.1) is 0 Å². The van der Waals surface area contributed by atoms with Crippen molar-refractivity contribution < 1.29 is 4.74 Å². The number of benzene rings is 2. The van der Waals surface area contributed by atoms with Gasteiger partial charge in [0.15, 0.2) is 5.82 Å². The molecular weight excluding hydrogens is 370 g/mol. The number of hydrogen-bond donors (Lipinski definition) is 0. The summed E-state index contributed by atoms with van der Waals surface area (Å²) in [7, 11) is 0. The second-order valence-corrected chi connectivity index (χ2v) is 7.55. The quantitative estimate of drug-likeness (QED) is 0.448. The Bertz CT molecular complexity index is 1160. The van der Waals surface area contributed by atoms with Gasteiger partial charge in [-0.05, 0) is 42.3 Å². The van der Waals surface area contributed by atoms with Crippen LogP contribution in [0.5, 0.6) is 5.75 Å². The lowest BCUT2D eigenvalue weighted by molar-refractivity contribution is 0.306. The minimum absolute atomic E-state index is 0.140. The molecule has 0 aliphatic carbocycles. The van der Waals surface area contributed by atoms with E-state index in [2.05, 4.69) is 17.0 Å². The third-order valence-corrected chi connectivity index (χ3v) is 5.37. The fourth-order valence-corrected chi connectivity index (χ4v) is 3.81. The maximum Gasteiger partial charge on any atom is 0.291 e. The van der Waals surface area contributed by atoms with Gasteiger partial charge in [-0.25, -0.2) is 0 Å². The number of unbranched alkanes of at least 4 members (excludes halogenated alkanes) is 2. The molecule has 0 bridgehead atoms. The third kappa shape index (κ3) is 3.97. The highest BCUT2D eigenvalue weighted by atomic mass is 32.1. The number of ether oxygens (including phenoxy) is 1. The third-order valence-electron chi connectivity index (χ3n) is 4.41. The summed E-state index contributed by atoms with van der Waals surface area (Å²) in [6.45, 7) is 2.90. The van der Waals surface area contributed by atoms with E-state index in [1.165, 1.54) is 28.7 Å². The second kappa shape index (κ2) is 8.35. The zero-order valence-corrected chi connectivity index (χ0v) is 16.5. The van der Waals surface area contributed by atoms with Crippen LogP contribution < -0.4 is 14.8 Å². The summed E-state index contributed by atoms with van der Waals surface area (Å²) >= 11 is 1.35.